The third-order valence-electron chi connectivity index (χ3n) is 3.13. The summed E-state index contributed by atoms with van der Waals surface area (Å²) in [6.07, 6.45) is 3.31. The Hall–Kier alpha value is -1.32. The molecule has 0 amide bonds. The fourth-order valence-corrected chi connectivity index (χ4v) is 1.87. The Morgan fingerprint density at radius 1 is 1.00 bits per heavy atom. The van der Waals surface area contributed by atoms with E-state index in [9.17, 15) is 0 Å². The highest BCUT2D eigenvalue weighted by Gasteiger charge is 2.11. The first-order chi connectivity index (χ1) is 8.62. The van der Waals surface area contributed by atoms with Crippen molar-refractivity contribution in [3.63, 3.8) is 0 Å². The van der Waals surface area contributed by atoms with Gasteiger partial charge in [-0.15, -0.1) is 0 Å². The maximum Gasteiger partial charge on any atom is 0.134 e. The van der Waals surface area contributed by atoms with E-state index in [0.717, 1.165) is 48.8 Å². The second-order valence-electron chi connectivity index (χ2n) is 4.68. The molecule has 0 radical (unpaired) electrons. The van der Waals surface area contributed by atoms with E-state index in [0.29, 0.717) is 6.04 Å². The molecule has 4 heteroatoms. The largest absolute Gasteiger partial charge is 0.370 e. The molecule has 0 fully saturated rings. The average Bonchev–Trinajstić information content (AvgIpc) is 2.37. The number of nitrogens with one attached hydrogen (secondary N) is 2. The highest BCUT2D eigenvalue weighted by Crippen LogP contribution is 2.21. The van der Waals surface area contributed by atoms with Crippen molar-refractivity contribution in [3.8, 4) is 0 Å². The second-order valence-corrected chi connectivity index (χ2v) is 4.68. The summed E-state index contributed by atoms with van der Waals surface area (Å²) in [7, 11) is 0. The lowest BCUT2D eigenvalue weighted by Crippen LogP contribution is -2.20. The van der Waals surface area contributed by atoms with E-state index in [-0.39, 0.29) is 0 Å². The fourth-order valence-electron chi connectivity index (χ4n) is 1.87. The van der Waals surface area contributed by atoms with Gasteiger partial charge in [-0.25, -0.2) is 9.97 Å². The van der Waals surface area contributed by atoms with Crippen molar-refractivity contribution in [2.75, 3.05) is 17.2 Å². The molecule has 102 valence electrons. The summed E-state index contributed by atoms with van der Waals surface area (Å²) in [5.74, 6) is 2.74. The molecule has 0 aliphatic heterocycles. The van der Waals surface area contributed by atoms with Crippen LogP contribution >= 0.6 is 0 Å². The van der Waals surface area contributed by atoms with Crippen LogP contribution in [0.25, 0.3) is 0 Å². The lowest BCUT2D eigenvalue weighted by Gasteiger charge is -2.19. The molecule has 0 saturated carbocycles. The summed E-state index contributed by atoms with van der Waals surface area (Å²) in [4.78, 5) is 8.98. The molecule has 0 aliphatic carbocycles. The van der Waals surface area contributed by atoms with Crippen molar-refractivity contribution in [1.29, 1.82) is 0 Å². The van der Waals surface area contributed by atoms with Crippen molar-refractivity contribution in [2.45, 2.75) is 59.9 Å². The molecular weight excluding hydrogens is 224 g/mol. The lowest BCUT2D eigenvalue weighted by atomic mass is 10.1. The van der Waals surface area contributed by atoms with Crippen LogP contribution in [-0.4, -0.2) is 22.6 Å². The maximum absolute atomic E-state index is 4.51. The van der Waals surface area contributed by atoms with Gasteiger partial charge in [-0.3, -0.25) is 0 Å². The smallest absolute Gasteiger partial charge is 0.134 e. The molecule has 0 saturated heterocycles. The van der Waals surface area contributed by atoms with E-state index in [2.05, 4.69) is 48.3 Å². The highest BCUT2D eigenvalue weighted by molar-refractivity contribution is 5.57. The number of nitrogens with zero attached hydrogens (tertiary/aromatic N) is 2. The first-order valence-corrected chi connectivity index (χ1v) is 6.97. The second kappa shape index (κ2) is 7.19. The average molecular weight is 250 g/mol. The standard InChI is InChI=1S/C14H26N4/c1-6-9-15-13-10(4)14(17-11(5)16-13)18-12(7-2)8-3/h12H,6-9H2,1-5H3,(H2,15,16,17,18). The Bertz CT molecular complexity index is 372. The van der Waals surface area contributed by atoms with E-state index in [1.54, 1.807) is 0 Å². The molecule has 1 heterocycles. The Labute approximate surface area is 111 Å². The molecule has 0 aromatic carbocycles. The molecule has 1 aromatic heterocycles. The third kappa shape index (κ3) is 3.86. The zero-order valence-electron chi connectivity index (χ0n) is 12.3. The predicted molar refractivity (Wildman–Crippen MR) is 78.3 cm³/mol. The van der Waals surface area contributed by atoms with Crippen LogP contribution in [0, 0.1) is 13.8 Å². The van der Waals surface area contributed by atoms with Crippen LogP contribution in [0.4, 0.5) is 11.6 Å². The zero-order valence-corrected chi connectivity index (χ0v) is 12.3. The van der Waals surface area contributed by atoms with Gasteiger partial charge in [0.05, 0.1) is 0 Å². The zero-order chi connectivity index (χ0) is 13.5. The van der Waals surface area contributed by atoms with E-state index in [1.165, 1.54) is 0 Å². The molecule has 18 heavy (non-hydrogen) atoms. The van der Waals surface area contributed by atoms with Crippen LogP contribution in [0.15, 0.2) is 0 Å². The number of rotatable bonds is 7. The third-order valence-corrected chi connectivity index (χ3v) is 3.13. The van der Waals surface area contributed by atoms with Gasteiger partial charge >= 0.3 is 0 Å². The van der Waals surface area contributed by atoms with Crippen molar-refractivity contribution < 1.29 is 0 Å². The van der Waals surface area contributed by atoms with Crippen LogP contribution in [0.5, 0.6) is 0 Å². The van der Waals surface area contributed by atoms with E-state index in [4.69, 9.17) is 0 Å². The minimum Gasteiger partial charge on any atom is -0.370 e. The summed E-state index contributed by atoms with van der Waals surface area (Å²) in [6.45, 7) is 11.5. The topological polar surface area (TPSA) is 49.8 Å². The number of aryl methyl sites for hydroxylation is 1. The normalized spacial score (nSPS) is 10.8. The summed E-state index contributed by atoms with van der Waals surface area (Å²) < 4.78 is 0. The minimum absolute atomic E-state index is 0.483. The molecule has 0 spiro atoms. The number of aromatic nitrogens is 2. The van der Waals surface area contributed by atoms with Crippen LogP contribution < -0.4 is 10.6 Å². The van der Waals surface area contributed by atoms with Crippen molar-refractivity contribution in [1.82, 2.24) is 9.97 Å². The van der Waals surface area contributed by atoms with Crippen molar-refractivity contribution in [3.05, 3.63) is 11.4 Å². The van der Waals surface area contributed by atoms with E-state index < -0.39 is 0 Å². The van der Waals surface area contributed by atoms with E-state index in [1.807, 2.05) is 6.92 Å². The molecule has 1 rings (SSSR count). The quantitative estimate of drug-likeness (QED) is 0.777. The molecule has 0 aliphatic rings. The Kier molecular flexibility index (Phi) is 5.89. The molecule has 2 N–H and O–H groups in total. The summed E-state index contributed by atoms with van der Waals surface area (Å²) in [5.41, 5.74) is 1.11. The molecule has 0 bridgehead atoms. The van der Waals surface area contributed by atoms with Gasteiger partial charge in [0.25, 0.3) is 0 Å². The first kappa shape index (κ1) is 14.7. The predicted octanol–water partition coefficient (Wildman–Crippen LogP) is 3.52. The molecule has 0 unspecified atom stereocenters. The monoisotopic (exact) mass is 250 g/mol. The van der Waals surface area contributed by atoms with Crippen LogP contribution in [0.2, 0.25) is 0 Å². The summed E-state index contributed by atoms with van der Waals surface area (Å²) in [5, 5.41) is 6.88. The fraction of sp³-hybridized carbons (Fsp3) is 0.714. The summed E-state index contributed by atoms with van der Waals surface area (Å²) >= 11 is 0. The van der Waals surface area contributed by atoms with Gasteiger partial charge in [0.1, 0.15) is 17.5 Å². The van der Waals surface area contributed by atoms with E-state index >= 15 is 0 Å². The van der Waals surface area contributed by atoms with Crippen LogP contribution in [0.1, 0.15) is 51.4 Å². The van der Waals surface area contributed by atoms with Crippen LogP contribution in [-0.2, 0) is 0 Å². The Morgan fingerprint density at radius 3 is 2.17 bits per heavy atom. The number of hydrogen-bond donors (Lipinski definition) is 2. The van der Waals surface area contributed by atoms with Gasteiger partial charge in [0.2, 0.25) is 0 Å². The maximum atomic E-state index is 4.51. The highest BCUT2D eigenvalue weighted by atomic mass is 15.1. The number of anilines is 2. The van der Waals surface area contributed by atoms with Gasteiger partial charge in [-0.1, -0.05) is 20.8 Å². The summed E-state index contributed by atoms with van der Waals surface area (Å²) in [6, 6.07) is 0.483. The van der Waals surface area contributed by atoms with Crippen molar-refractivity contribution in [2.24, 2.45) is 0 Å². The molecular formula is C14H26N4. The first-order valence-electron chi connectivity index (χ1n) is 6.97. The van der Waals surface area contributed by atoms with Gasteiger partial charge in [0, 0.05) is 18.2 Å². The minimum atomic E-state index is 0.483. The Balaban J connectivity index is 2.93. The van der Waals surface area contributed by atoms with Crippen LogP contribution in [0.3, 0.4) is 0 Å². The molecule has 1 aromatic rings. The van der Waals surface area contributed by atoms with Gasteiger partial charge < -0.3 is 10.6 Å². The number of hydrogen-bond acceptors (Lipinski definition) is 4. The lowest BCUT2D eigenvalue weighted by molar-refractivity contribution is 0.666. The van der Waals surface area contributed by atoms with Gasteiger partial charge in [0.15, 0.2) is 0 Å². The van der Waals surface area contributed by atoms with Crippen molar-refractivity contribution >= 4 is 11.6 Å². The van der Waals surface area contributed by atoms with Gasteiger partial charge in [-0.2, -0.15) is 0 Å². The Morgan fingerprint density at radius 2 is 1.61 bits per heavy atom. The van der Waals surface area contributed by atoms with Gasteiger partial charge in [-0.05, 0) is 33.1 Å². The molecule has 4 nitrogen and oxygen atoms in total. The molecule has 0 atom stereocenters. The SMILES string of the molecule is CCCNc1nc(C)nc(NC(CC)CC)c1C.